The Morgan fingerprint density at radius 3 is 2.85 bits per heavy atom. The maximum atomic E-state index is 11.6. The summed E-state index contributed by atoms with van der Waals surface area (Å²) in [7, 11) is 0. The summed E-state index contributed by atoms with van der Waals surface area (Å²) in [6, 6.07) is 0. The number of ketones is 1. The number of Topliss-reactive ketones (excluding diaryl/α,β-unsaturated/α-hetero) is 1. The minimum absolute atomic E-state index is 0.158. The van der Waals surface area contributed by atoms with E-state index < -0.39 is 0 Å². The van der Waals surface area contributed by atoms with Crippen molar-refractivity contribution in [3.05, 3.63) is 0 Å². The molecule has 1 aliphatic heterocycles. The van der Waals surface area contributed by atoms with Gasteiger partial charge in [-0.2, -0.15) is 0 Å². The predicted molar refractivity (Wildman–Crippen MR) is 49.6 cm³/mol. The fourth-order valence-corrected chi connectivity index (χ4v) is 1.89. The third-order valence-electron chi connectivity index (χ3n) is 3.00. The average molecular weight is 183 g/mol. The molecular formula is C10H17NO2. The molecule has 1 saturated heterocycles. The van der Waals surface area contributed by atoms with E-state index in [4.69, 9.17) is 4.74 Å². The first kappa shape index (κ1) is 9.16. The van der Waals surface area contributed by atoms with E-state index in [0.29, 0.717) is 24.9 Å². The summed E-state index contributed by atoms with van der Waals surface area (Å²) in [5.41, 5.74) is 0. The van der Waals surface area contributed by atoms with Gasteiger partial charge in [-0.25, -0.2) is 0 Å². The summed E-state index contributed by atoms with van der Waals surface area (Å²) in [6.07, 6.45) is 4.38. The van der Waals surface area contributed by atoms with Gasteiger partial charge >= 0.3 is 0 Å². The smallest absolute Gasteiger partial charge is 0.163 e. The molecule has 1 aliphatic carbocycles. The normalized spacial score (nSPS) is 29.7. The van der Waals surface area contributed by atoms with Gasteiger partial charge in [0.05, 0.1) is 6.61 Å². The molecule has 0 aromatic carbocycles. The summed E-state index contributed by atoms with van der Waals surface area (Å²) < 4.78 is 5.40. The van der Waals surface area contributed by atoms with Crippen LogP contribution in [0.4, 0.5) is 0 Å². The van der Waals surface area contributed by atoms with Crippen LogP contribution in [0.25, 0.3) is 0 Å². The number of nitrogens with one attached hydrogen (secondary N) is 1. The fraction of sp³-hybridized carbons (Fsp3) is 0.900. The van der Waals surface area contributed by atoms with E-state index in [1.54, 1.807) is 0 Å². The Bertz CT molecular complexity index is 183. The first-order chi connectivity index (χ1) is 6.36. The van der Waals surface area contributed by atoms with Gasteiger partial charge in [0, 0.05) is 19.5 Å². The van der Waals surface area contributed by atoms with E-state index >= 15 is 0 Å². The molecule has 1 atom stereocenters. The molecule has 3 nitrogen and oxygen atoms in total. The van der Waals surface area contributed by atoms with Crippen LogP contribution in [0.2, 0.25) is 0 Å². The standard InChI is InChI=1S/C10H17NO2/c12-9(6-8-2-1-3-8)10-7-11-4-5-13-10/h8,10-11H,1-7H2. The topological polar surface area (TPSA) is 38.3 Å². The van der Waals surface area contributed by atoms with E-state index in [-0.39, 0.29) is 6.10 Å². The summed E-state index contributed by atoms with van der Waals surface area (Å²) in [4.78, 5) is 11.6. The summed E-state index contributed by atoms with van der Waals surface area (Å²) in [5.74, 6) is 0.968. The highest BCUT2D eigenvalue weighted by molar-refractivity contribution is 5.83. The number of carbonyl (C=O) groups excluding carboxylic acids is 1. The second-order valence-electron chi connectivity index (χ2n) is 4.03. The molecule has 1 unspecified atom stereocenters. The summed E-state index contributed by atoms with van der Waals surface area (Å²) in [5, 5.41) is 3.18. The predicted octanol–water partition coefficient (Wildman–Crippen LogP) is 0.734. The van der Waals surface area contributed by atoms with Crippen molar-refractivity contribution in [3.8, 4) is 0 Å². The Hall–Kier alpha value is -0.410. The van der Waals surface area contributed by atoms with Crippen LogP contribution < -0.4 is 5.32 Å². The Morgan fingerprint density at radius 1 is 1.46 bits per heavy atom. The lowest BCUT2D eigenvalue weighted by Crippen LogP contribution is -2.43. The van der Waals surface area contributed by atoms with Gasteiger partial charge in [-0.3, -0.25) is 4.79 Å². The van der Waals surface area contributed by atoms with Gasteiger partial charge in [-0.15, -0.1) is 0 Å². The molecule has 3 heteroatoms. The van der Waals surface area contributed by atoms with Crippen LogP contribution in [0.1, 0.15) is 25.7 Å². The highest BCUT2D eigenvalue weighted by atomic mass is 16.5. The van der Waals surface area contributed by atoms with Gasteiger partial charge < -0.3 is 10.1 Å². The Balaban J connectivity index is 1.74. The van der Waals surface area contributed by atoms with Gasteiger partial charge in [0.1, 0.15) is 6.10 Å². The molecule has 1 N–H and O–H groups in total. The maximum absolute atomic E-state index is 11.6. The zero-order valence-electron chi connectivity index (χ0n) is 7.92. The Kier molecular flexibility index (Phi) is 2.96. The summed E-state index contributed by atoms with van der Waals surface area (Å²) >= 11 is 0. The Morgan fingerprint density at radius 2 is 2.31 bits per heavy atom. The quantitative estimate of drug-likeness (QED) is 0.701. The molecule has 1 heterocycles. The number of hydrogen-bond acceptors (Lipinski definition) is 3. The highest BCUT2D eigenvalue weighted by Crippen LogP contribution is 2.30. The highest BCUT2D eigenvalue weighted by Gasteiger charge is 2.27. The number of hydrogen-bond donors (Lipinski definition) is 1. The van der Waals surface area contributed by atoms with E-state index in [0.717, 1.165) is 13.0 Å². The molecule has 0 bridgehead atoms. The molecule has 2 fully saturated rings. The van der Waals surface area contributed by atoms with E-state index in [1.165, 1.54) is 19.3 Å². The van der Waals surface area contributed by atoms with Crippen LogP contribution in [0.15, 0.2) is 0 Å². The third kappa shape index (κ3) is 2.29. The van der Waals surface area contributed by atoms with Gasteiger partial charge in [-0.05, 0) is 5.92 Å². The van der Waals surface area contributed by atoms with Gasteiger partial charge in [0.15, 0.2) is 5.78 Å². The molecule has 74 valence electrons. The Labute approximate surface area is 78.8 Å². The lowest BCUT2D eigenvalue weighted by atomic mass is 9.81. The van der Waals surface area contributed by atoms with Crippen molar-refractivity contribution in [2.24, 2.45) is 5.92 Å². The van der Waals surface area contributed by atoms with Gasteiger partial charge in [-0.1, -0.05) is 19.3 Å². The van der Waals surface area contributed by atoms with Crippen molar-refractivity contribution in [3.63, 3.8) is 0 Å². The zero-order chi connectivity index (χ0) is 9.10. The summed E-state index contributed by atoms with van der Waals surface area (Å²) in [6.45, 7) is 2.28. The van der Waals surface area contributed by atoms with Crippen LogP contribution >= 0.6 is 0 Å². The van der Waals surface area contributed by atoms with Crippen LogP contribution in [0, 0.1) is 5.92 Å². The third-order valence-corrected chi connectivity index (χ3v) is 3.00. The van der Waals surface area contributed by atoms with Crippen LogP contribution in [-0.2, 0) is 9.53 Å². The number of morpholine rings is 1. The molecule has 0 aromatic rings. The number of rotatable bonds is 3. The molecule has 0 spiro atoms. The molecule has 0 amide bonds. The van der Waals surface area contributed by atoms with E-state index in [2.05, 4.69) is 5.32 Å². The monoisotopic (exact) mass is 183 g/mol. The molecule has 2 rings (SSSR count). The molecule has 0 aromatic heterocycles. The van der Waals surface area contributed by atoms with Crippen molar-refractivity contribution in [2.75, 3.05) is 19.7 Å². The van der Waals surface area contributed by atoms with Crippen molar-refractivity contribution in [1.29, 1.82) is 0 Å². The molecular weight excluding hydrogens is 166 g/mol. The van der Waals surface area contributed by atoms with Crippen LogP contribution in [-0.4, -0.2) is 31.6 Å². The largest absolute Gasteiger partial charge is 0.368 e. The first-order valence-corrected chi connectivity index (χ1v) is 5.21. The van der Waals surface area contributed by atoms with Crippen molar-refractivity contribution in [2.45, 2.75) is 31.8 Å². The average Bonchev–Trinajstić information content (AvgIpc) is 2.12. The number of carbonyl (C=O) groups is 1. The SMILES string of the molecule is O=C(CC1CCC1)C1CNCCO1. The van der Waals surface area contributed by atoms with Crippen LogP contribution in [0.3, 0.4) is 0 Å². The van der Waals surface area contributed by atoms with Crippen molar-refractivity contribution >= 4 is 5.78 Å². The van der Waals surface area contributed by atoms with E-state index in [1.807, 2.05) is 0 Å². The maximum Gasteiger partial charge on any atom is 0.163 e. The first-order valence-electron chi connectivity index (χ1n) is 5.21. The lowest BCUT2D eigenvalue weighted by Gasteiger charge is -2.28. The second kappa shape index (κ2) is 4.20. The van der Waals surface area contributed by atoms with Crippen molar-refractivity contribution < 1.29 is 9.53 Å². The second-order valence-corrected chi connectivity index (χ2v) is 4.03. The molecule has 0 radical (unpaired) electrons. The van der Waals surface area contributed by atoms with Gasteiger partial charge in [0.25, 0.3) is 0 Å². The number of ether oxygens (including phenoxy) is 1. The minimum Gasteiger partial charge on any atom is -0.368 e. The zero-order valence-corrected chi connectivity index (χ0v) is 7.92. The molecule has 1 saturated carbocycles. The molecule has 2 aliphatic rings. The molecule has 13 heavy (non-hydrogen) atoms. The van der Waals surface area contributed by atoms with Crippen molar-refractivity contribution in [1.82, 2.24) is 5.32 Å². The van der Waals surface area contributed by atoms with Gasteiger partial charge in [0.2, 0.25) is 0 Å². The fourth-order valence-electron chi connectivity index (χ4n) is 1.89. The van der Waals surface area contributed by atoms with Crippen LogP contribution in [0.5, 0.6) is 0 Å². The lowest BCUT2D eigenvalue weighted by molar-refractivity contribution is -0.133. The van der Waals surface area contributed by atoms with E-state index in [9.17, 15) is 4.79 Å². The minimum atomic E-state index is -0.158.